The summed E-state index contributed by atoms with van der Waals surface area (Å²) in [5.41, 5.74) is 4.30. The highest BCUT2D eigenvalue weighted by atomic mass is 16.5. The number of ether oxygens (including phenoxy) is 1. The molecule has 0 saturated carbocycles. The number of aryl methyl sites for hydroxylation is 1. The zero-order valence-electron chi connectivity index (χ0n) is 19.6. The SMILES string of the molecule is CCCn1c(C)cc(/C=C(\C#N)C(=O)O[C@H](C)C(=O)c2ccc(C(C)(C)C)cc2)c1C. The van der Waals surface area contributed by atoms with Crippen LogP contribution in [0.25, 0.3) is 6.08 Å². The number of hydrogen-bond acceptors (Lipinski definition) is 4. The molecule has 0 aliphatic heterocycles. The summed E-state index contributed by atoms with van der Waals surface area (Å²) < 4.78 is 7.48. The van der Waals surface area contributed by atoms with Crippen LogP contribution in [0.5, 0.6) is 0 Å². The number of rotatable bonds is 7. The van der Waals surface area contributed by atoms with Crippen LogP contribution >= 0.6 is 0 Å². The van der Waals surface area contributed by atoms with Gasteiger partial charge in [-0.3, -0.25) is 4.79 Å². The number of nitriles is 1. The second kappa shape index (κ2) is 9.78. The van der Waals surface area contributed by atoms with Crippen LogP contribution in [0.2, 0.25) is 0 Å². The minimum atomic E-state index is -0.989. The molecule has 0 aliphatic carbocycles. The number of nitrogens with zero attached hydrogens (tertiary/aromatic N) is 2. The molecule has 1 heterocycles. The monoisotopic (exact) mass is 420 g/mol. The van der Waals surface area contributed by atoms with E-state index in [4.69, 9.17) is 4.74 Å². The van der Waals surface area contributed by atoms with Gasteiger partial charge in [0.15, 0.2) is 6.10 Å². The predicted molar refractivity (Wildman–Crippen MR) is 123 cm³/mol. The number of carbonyl (C=O) groups is 2. The molecular formula is C26H32N2O3. The van der Waals surface area contributed by atoms with Crippen molar-refractivity contribution < 1.29 is 14.3 Å². The van der Waals surface area contributed by atoms with Gasteiger partial charge in [-0.2, -0.15) is 5.26 Å². The van der Waals surface area contributed by atoms with Crippen molar-refractivity contribution in [3.63, 3.8) is 0 Å². The van der Waals surface area contributed by atoms with Crippen molar-refractivity contribution in [2.75, 3.05) is 0 Å². The van der Waals surface area contributed by atoms with E-state index in [0.717, 1.165) is 35.5 Å². The largest absolute Gasteiger partial charge is 0.450 e. The third-order valence-electron chi connectivity index (χ3n) is 5.39. The number of ketones is 1. The summed E-state index contributed by atoms with van der Waals surface area (Å²) in [6, 6.07) is 11.2. The molecule has 1 aromatic heterocycles. The van der Waals surface area contributed by atoms with Crippen molar-refractivity contribution >= 4 is 17.8 Å². The van der Waals surface area contributed by atoms with Crippen molar-refractivity contribution in [1.82, 2.24) is 4.57 Å². The molecule has 0 fully saturated rings. The Hall–Kier alpha value is -3.13. The first kappa shape index (κ1) is 24.1. The van der Waals surface area contributed by atoms with Crippen LogP contribution in [0.15, 0.2) is 35.9 Å². The number of carbonyl (C=O) groups excluding carboxylic acids is 2. The quantitative estimate of drug-likeness (QED) is 0.255. The average Bonchev–Trinajstić information content (AvgIpc) is 2.98. The highest BCUT2D eigenvalue weighted by Crippen LogP contribution is 2.23. The van der Waals surface area contributed by atoms with Gasteiger partial charge in [0.25, 0.3) is 0 Å². The molecule has 0 bridgehead atoms. The van der Waals surface area contributed by atoms with Crippen LogP contribution in [0.1, 0.15) is 73.9 Å². The Morgan fingerprint density at radius 2 is 1.81 bits per heavy atom. The lowest BCUT2D eigenvalue weighted by atomic mass is 9.86. The number of Topliss-reactive ketones (excluding diaryl/α,β-unsaturated/α-hetero) is 1. The van der Waals surface area contributed by atoms with E-state index in [9.17, 15) is 14.9 Å². The summed E-state index contributed by atoms with van der Waals surface area (Å²) in [6.45, 7) is 14.8. The van der Waals surface area contributed by atoms with Crippen molar-refractivity contribution in [2.24, 2.45) is 0 Å². The molecule has 31 heavy (non-hydrogen) atoms. The molecular weight excluding hydrogens is 388 g/mol. The Morgan fingerprint density at radius 1 is 1.19 bits per heavy atom. The first-order chi connectivity index (χ1) is 14.5. The summed E-state index contributed by atoms with van der Waals surface area (Å²) in [5, 5.41) is 9.49. The highest BCUT2D eigenvalue weighted by Gasteiger charge is 2.23. The normalized spacial score (nSPS) is 12.9. The Kier molecular flexibility index (Phi) is 7.62. The van der Waals surface area contributed by atoms with Crippen LogP contribution in [-0.2, 0) is 21.5 Å². The maximum atomic E-state index is 12.7. The van der Waals surface area contributed by atoms with Crippen LogP contribution in [0.4, 0.5) is 0 Å². The van der Waals surface area contributed by atoms with Gasteiger partial charge < -0.3 is 9.30 Å². The Labute approximate surface area is 185 Å². The van der Waals surface area contributed by atoms with Crippen LogP contribution in [0, 0.1) is 25.2 Å². The lowest BCUT2D eigenvalue weighted by Gasteiger charge is -2.19. The molecule has 0 amide bonds. The molecule has 164 valence electrons. The van der Waals surface area contributed by atoms with Gasteiger partial charge in [-0.25, -0.2) is 4.79 Å². The Balaban J connectivity index is 2.17. The van der Waals surface area contributed by atoms with Crippen molar-refractivity contribution in [2.45, 2.75) is 73.0 Å². The van der Waals surface area contributed by atoms with Crippen LogP contribution in [0.3, 0.4) is 0 Å². The van der Waals surface area contributed by atoms with Gasteiger partial charge in [0, 0.05) is 23.5 Å². The second-order valence-corrected chi connectivity index (χ2v) is 8.89. The average molecular weight is 421 g/mol. The summed E-state index contributed by atoms with van der Waals surface area (Å²) >= 11 is 0. The maximum absolute atomic E-state index is 12.7. The molecule has 0 radical (unpaired) electrons. The van der Waals surface area contributed by atoms with Gasteiger partial charge in [0.1, 0.15) is 11.6 Å². The van der Waals surface area contributed by atoms with E-state index < -0.39 is 12.1 Å². The van der Waals surface area contributed by atoms with Gasteiger partial charge in [-0.05, 0) is 55.9 Å². The first-order valence-electron chi connectivity index (χ1n) is 10.6. The maximum Gasteiger partial charge on any atom is 0.349 e. The van der Waals surface area contributed by atoms with Gasteiger partial charge in [-0.15, -0.1) is 0 Å². The summed E-state index contributed by atoms with van der Waals surface area (Å²) in [4.78, 5) is 25.3. The summed E-state index contributed by atoms with van der Waals surface area (Å²) in [7, 11) is 0. The second-order valence-electron chi connectivity index (χ2n) is 8.89. The lowest BCUT2D eigenvalue weighted by Crippen LogP contribution is -2.25. The molecule has 0 unspecified atom stereocenters. The minimum absolute atomic E-state index is 0.0152. The predicted octanol–water partition coefficient (Wildman–Crippen LogP) is 5.53. The molecule has 5 heteroatoms. The third kappa shape index (κ3) is 5.73. The molecule has 2 rings (SSSR count). The molecule has 0 aliphatic rings. The van der Waals surface area contributed by atoms with Crippen LogP contribution < -0.4 is 0 Å². The Bertz CT molecular complexity index is 1030. The Morgan fingerprint density at radius 3 is 2.32 bits per heavy atom. The fourth-order valence-electron chi connectivity index (χ4n) is 3.48. The van der Waals surface area contributed by atoms with E-state index in [1.807, 2.05) is 38.1 Å². The van der Waals surface area contributed by atoms with E-state index in [2.05, 4.69) is 32.3 Å². The first-order valence-corrected chi connectivity index (χ1v) is 10.6. The molecule has 1 aromatic carbocycles. The zero-order valence-corrected chi connectivity index (χ0v) is 19.6. The standard InChI is InChI=1S/C26H32N2O3/c1-8-13-28-17(2)14-21(18(28)3)15-22(16-27)25(30)31-19(4)24(29)20-9-11-23(12-10-20)26(5,6)7/h9-12,14-15,19H,8,13H2,1-7H3/b22-15+/t19-/m1/s1. The number of aromatic nitrogens is 1. The fraction of sp³-hybridized carbons (Fsp3) is 0.423. The van der Waals surface area contributed by atoms with E-state index in [1.165, 1.54) is 13.0 Å². The van der Waals surface area contributed by atoms with Crippen molar-refractivity contribution in [1.29, 1.82) is 5.26 Å². The topological polar surface area (TPSA) is 72.1 Å². The number of hydrogen-bond donors (Lipinski definition) is 0. The van der Waals surface area contributed by atoms with Gasteiger partial charge in [0.2, 0.25) is 5.78 Å². The number of esters is 1. The van der Waals surface area contributed by atoms with E-state index in [0.29, 0.717) is 5.56 Å². The van der Waals surface area contributed by atoms with Crippen molar-refractivity contribution in [3.05, 3.63) is 64.0 Å². The van der Waals surface area contributed by atoms with Crippen LogP contribution in [-0.4, -0.2) is 22.4 Å². The molecule has 0 N–H and O–H groups in total. The fourth-order valence-corrected chi connectivity index (χ4v) is 3.48. The molecule has 0 saturated heterocycles. The smallest absolute Gasteiger partial charge is 0.349 e. The third-order valence-corrected chi connectivity index (χ3v) is 5.39. The summed E-state index contributed by atoms with van der Waals surface area (Å²) in [5.74, 6) is -1.10. The number of benzene rings is 1. The highest BCUT2D eigenvalue weighted by molar-refractivity contribution is 6.03. The van der Waals surface area contributed by atoms with E-state index >= 15 is 0 Å². The van der Waals surface area contributed by atoms with Gasteiger partial charge >= 0.3 is 5.97 Å². The molecule has 1 atom stereocenters. The molecule has 5 nitrogen and oxygen atoms in total. The minimum Gasteiger partial charge on any atom is -0.450 e. The lowest BCUT2D eigenvalue weighted by molar-refractivity contribution is -0.141. The van der Waals surface area contributed by atoms with E-state index in [1.54, 1.807) is 12.1 Å². The summed E-state index contributed by atoms with van der Waals surface area (Å²) in [6.07, 6.45) is 1.53. The molecule has 2 aromatic rings. The van der Waals surface area contributed by atoms with E-state index in [-0.39, 0.29) is 16.8 Å². The van der Waals surface area contributed by atoms with Gasteiger partial charge in [0.05, 0.1) is 0 Å². The van der Waals surface area contributed by atoms with Gasteiger partial charge in [-0.1, -0.05) is 52.0 Å². The molecule has 0 spiro atoms. The zero-order chi connectivity index (χ0) is 23.3. The van der Waals surface area contributed by atoms with Crippen molar-refractivity contribution in [3.8, 4) is 6.07 Å².